The highest BCUT2D eigenvalue weighted by molar-refractivity contribution is 6.04. The normalized spacial score (nSPS) is 14.1. The van der Waals surface area contributed by atoms with Gasteiger partial charge >= 0.3 is 6.18 Å². The van der Waals surface area contributed by atoms with E-state index in [1.165, 1.54) is 17.8 Å². The second-order valence-electron chi connectivity index (χ2n) is 8.71. The topological polar surface area (TPSA) is 76.3 Å². The van der Waals surface area contributed by atoms with Crippen LogP contribution in [0.3, 0.4) is 0 Å². The van der Waals surface area contributed by atoms with E-state index in [0.29, 0.717) is 12.1 Å². The Morgan fingerprint density at radius 3 is 2.24 bits per heavy atom. The van der Waals surface area contributed by atoms with Crippen molar-refractivity contribution >= 4 is 34.5 Å². The first-order valence-electron chi connectivity index (χ1n) is 11.9. The van der Waals surface area contributed by atoms with Crippen molar-refractivity contribution in [1.82, 2.24) is 14.9 Å². The minimum Gasteiger partial charge on any atom is -0.388 e. The number of aromatic amines is 1. The van der Waals surface area contributed by atoms with Crippen LogP contribution in [0, 0.1) is 0 Å². The number of amides is 1. The van der Waals surface area contributed by atoms with Gasteiger partial charge in [0.1, 0.15) is 5.65 Å². The summed E-state index contributed by atoms with van der Waals surface area (Å²) in [5.74, 6) is 0. The number of aromatic nitrogens is 2. The van der Waals surface area contributed by atoms with Crippen molar-refractivity contribution in [2.45, 2.75) is 6.18 Å². The number of carbonyl (C=O) groups is 1. The number of hydrogen-bond donors (Lipinski definition) is 3. The molecule has 7 nitrogen and oxygen atoms in total. The fourth-order valence-corrected chi connectivity index (χ4v) is 4.22. The van der Waals surface area contributed by atoms with Crippen LogP contribution in [-0.4, -0.2) is 61.6 Å². The number of nitrogens with one attached hydrogen (secondary N) is 3. The lowest BCUT2D eigenvalue weighted by atomic mass is 10.0. The highest BCUT2D eigenvalue weighted by Gasteiger charge is 2.29. The molecule has 1 amide bonds. The van der Waals surface area contributed by atoms with Gasteiger partial charge < -0.3 is 25.4 Å². The van der Waals surface area contributed by atoms with Crippen LogP contribution in [0.15, 0.2) is 67.0 Å². The Labute approximate surface area is 213 Å². The third-order valence-electron chi connectivity index (χ3n) is 6.34. The lowest BCUT2D eigenvalue weighted by Gasteiger charge is -2.34. The second kappa shape index (κ2) is 11.3. The molecule has 4 aromatic rings. The molecule has 3 N–H and O–H groups in total. The van der Waals surface area contributed by atoms with Crippen LogP contribution >= 0.6 is 0 Å². The third-order valence-corrected chi connectivity index (χ3v) is 6.34. The summed E-state index contributed by atoms with van der Waals surface area (Å²) in [6.45, 7) is 4.30. The number of rotatable bonds is 5. The lowest BCUT2D eigenvalue weighted by molar-refractivity contribution is -0.137. The summed E-state index contributed by atoms with van der Waals surface area (Å²) < 4.78 is 36.0. The zero-order valence-electron chi connectivity index (χ0n) is 20.6. The van der Waals surface area contributed by atoms with Gasteiger partial charge in [0.2, 0.25) is 6.41 Å². The molecule has 1 aliphatic heterocycles. The molecule has 0 radical (unpaired) electrons. The highest BCUT2D eigenvalue weighted by Crippen LogP contribution is 2.34. The van der Waals surface area contributed by atoms with Crippen LogP contribution in [-0.2, 0) is 11.0 Å². The van der Waals surface area contributed by atoms with Gasteiger partial charge in [0, 0.05) is 57.0 Å². The van der Waals surface area contributed by atoms with Gasteiger partial charge in [-0.1, -0.05) is 12.1 Å². The van der Waals surface area contributed by atoms with Crippen LogP contribution in [0.5, 0.6) is 0 Å². The van der Waals surface area contributed by atoms with Gasteiger partial charge in [-0.3, -0.25) is 4.79 Å². The molecule has 0 bridgehead atoms. The molecule has 37 heavy (non-hydrogen) atoms. The summed E-state index contributed by atoms with van der Waals surface area (Å²) in [4.78, 5) is 23.1. The molecular formula is C27H29F3N6O. The van der Waals surface area contributed by atoms with Crippen molar-refractivity contribution in [3.05, 3.63) is 72.6 Å². The van der Waals surface area contributed by atoms with E-state index in [-0.39, 0.29) is 0 Å². The number of benzene rings is 2. The van der Waals surface area contributed by atoms with Gasteiger partial charge in [-0.2, -0.15) is 13.2 Å². The molecular weight excluding hydrogens is 481 g/mol. The maximum absolute atomic E-state index is 12.0. The Hall–Kier alpha value is -4.05. The van der Waals surface area contributed by atoms with Crippen molar-refractivity contribution in [3.63, 3.8) is 0 Å². The zero-order valence-corrected chi connectivity index (χ0v) is 20.6. The number of H-pyrrole nitrogens is 1. The Morgan fingerprint density at radius 1 is 0.973 bits per heavy atom. The SMILES string of the molecule is CN1CCN(c2ccc(-c3ccnc4[nH]cc(NC=O)c34)cc2)CC1.CNc1ccc(C(F)(F)F)cc1. The number of anilines is 3. The Bertz CT molecular complexity index is 1310. The van der Waals surface area contributed by atoms with E-state index in [9.17, 15) is 18.0 Å². The number of nitrogens with zero attached hydrogens (tertiary/aromatic N) is 3. The molecule has 194 valence electrons. The third kappa shape index (κ3) is 6.21. The molecule has 0 atom stereocenters. The van der Waals surface area contributed by atoms with E-state index < -0.39 is 11.7 Å². The zero-order chi connectivity index (χ0) is 26.4. The van der Waals surface area contributed by atoms with Gasteiger partial charge in [-0.15, -0.1) is 0 Å². The quantitative estimate of drug-likeness (QED) is 0.318. The van der Waals surface area contributed by atoms with Gasteiger partial charge in [0.15, 0.2) is 0 Å². The molecule has 1 aliphatic rings. The monoisotopic (exact) mass is 510 g/mol. The molecule has 5 rings (SSSR count). The summed E-state index contributed by atoms with van der Waals surface area (Å²) in [7, 11) is 3.82. The fourth-order valence-electron chi connectivity index (χ4n) is 4.22. The standard InChI is InChI=1S/C19H21N5O.C8H8F3N/c1-23-8-10-24(11-9-23)15-4-2-14(3-5-15)16-6-7-20-19-18(16)17(12-21-19)22-13-25;1-12-7-4-2-6(3-5-7)8(9,10)11/h2-7,12-13H,8-11H2,1H3,(H,20,21)(H,22,25);2-5,12H,1H3. The predicted octanol–water partition coefficient (Wildman–Crippen LogP) is 5.30. The van der Waals surface area contributed by atoms with Gasteiger partial charge in [-0.05, 0) is 60.6 Å². The van der Waals surface area contributed by atoms with E-state index in [2.05, 4.69) is 61.7 Å². The summed E-state index contributed by atoms with van der Waals surface area (Å²) in [6.07, 6.45) is 0.00351. The van der Waals surface area contributed by atoms with E-state index in [1.54, 1.807) is 19.4 Å². The highest BCUT2D eigenvalue weighted by atomic mass is 19.4. The van der Waals surface area contributed by atoms with Crippen molar-refractivity contribution < 1.29 is 18.0 Å². The molecule has 1 fully saturated rings. The summed E-state index contributed by atoms with van der Waals surface area (Å²) in [5.41, 5.74) is 4.98. The van der Waals surface area contributed by atoms with Gasteiger partial charge in [-0.25, -0.2) is 4.98 Å². The van der Waals surface area contributed by atoms with Crippen LogP contribution in [0.1, 0.15) is 5.56 Å². The molecule has 0 aliphatic carbocycles. The Morgan fingerprint density at radius 2 is 1.65 bits per heavy atom. The fraction of sp³-hybridized carbons (Fsp3) is 0.259. The number of likely N-dealkylation sites (N-methyl/N-ethyl adjacent to an activating group) is 1. The number of carbonyl (C=O) groups excluding carboxylic acids is 1. The molecule has 2 aromatic carbocycles. The van der Waals surface area contributed by atoms with Crippen LogP contribution < -0.4 is 15.5 Å². The van der Waals surface area contributed by atoms with Gasteiger partial charge in [0.25, 0.3) is 0 Å². The van der Waals surface area contributed by atoms with Gasteiger partial charge in [0.05, 0.1) is 16.6 Å². The summed E-state index contributed by atoms with van der Waals surface area (Å²) >= 11 is 0. The average Bonchev–Trinajstić information content (AvgIpc) is 3.32. The van der Waals surface area contributed by atoms with Crippen molar-refractivity contribution in [3.8, 4) is 11.1 Å². The van der Waals surface area contributed by atoms with Crippen molar-refractivity contribution in [2.24, 2.45) is 0 Å². The molecule has 1 saturated heterocycles. The number of alkyl halides is 3. The first kappa shape index (κ1) is 26.0. The van der Waals surface area contributed by atoms with E-state index in [4.69, 9.17) is 0 Å². The number of pyridine rings is 1. The molecule has 0 saturated carbocycles. The first-order chi connectivity index (χ1) is 17.8. The maximum Gasteiger partial charge on any atom is 0.416 e. The van der Waals surface area contributed by atoms with E-state index >= 15 is 0 Å². The van der Waals surface area contributed by atoms with Crippen LogP contribution in [0.4, 0.5) is 30.2 Å². The van der Waals surface area contributed by atoms with Crippen molar-refractivity contribution in [2.75, 3.05) is 55.8 Å². The Balaban J connectivity index is 0.000000225. The molecule has 2 aromatic heterocycles. The summed E-state index contributed by atoms with van der Waals surface area (Å²) in [5, 5.41) is 6.41. The van der Waals surface area contributed by atoms with Crippen molar-refractivity contribution in [1.29, 1.82) is 0 Å². The second-order valence-corrected chi connectivity index (χ2v) is 8.71. The molecule has 3 heterocycles. The van der Waals surface area contributed by atoms with E-state index in [0.717, 1.165) is 66.2 Å². The summed E-state index contributed by atoms with van der Waals surface area (Å²) in [6, 6.07) is 15.5. The number of hydrogen-bond acceptors (Lipinski definition) is 5. The number of fused-ring (bicyclic) bond motifs is 1. The van der Waals surface area contributed by atoms with E-state index in [1.807, 2.05) is 6.07 Å². The smallest absolute Gasteiger partial charge is 0.388 e. The minimum atomic E-state index is -4.24. The number of piperazine rings is 1. The molecule has 10 heteroatoms. The van der Waals surface area contributed by atoms with Crippen LogP contribution in [0.25, 0.3) is 22.2 Å². The van der Waals surface area contributed by atoms with Crippen LogP contribution in [0.2, 0.25) is 0 Å². The molecule has 0 unspecified atom stereocenters. The lowest BCUT2D eigenvalue weighted by Crippen LogP contribution is -2.44. The maximum atomic E-state index is 12.0. The average molecular weight is 511 g/mol. The minimum absolute atomic E-state index is 0.624. The predicted molar refractivity (Wildman–Crippen MR) is 142 cm³/mol. The Kier molecular flexibility index (Phi) is 7.98. The molecule has 0 spiro atoms. The largest absolute Gasteiger partial charge is 0.416 e. The first-order valence-corrected chi connectivity index (χ1v) is 11.9. The number of halogens is 3.